The van der Waals surface area contributed by atoms with Crippen molar-refractivity contribution < 1.29 is 4.92 Å². The zero-order valence-corrected chi connectivity index (χ0v) is 11.6. The van der Waals surface area contributed by atoms with Crippen LogP contribution in [-0.2, 0) is 6.42 Å². The van der Waals surface area contributed by atoms with Crippen molar-refractivity contribution in [1.29, 1.82) is 5.26 Å². The van der Waals surface area contributed by atoms with Crippen LogP contribution in [0.25, 0.3) is 0 Å². The van der Waals surface area contributed by atoms with Gasteiger partial charge < -0.3 is 0 Å². The molecule has 0 aliphatic carbocycles. The summed E-state index contributed by atoms with van der Waals surface area (Å²) < 4.78 is 0. The third-order valence-electron chi connectivity index (χ3n) is 2.73. The number of rotatable bonds is 3. The van der Waals surface area contributed by atoms with Crippen molar-refractivity contribution in [2.24, 2.45) is 0 Å². The number of nitrogens with zero attached hydrogens (tertiary/aromatic N) is 2. The van der Waals surface area contributed by atoms with Crippen molar-refractivity contribution in [3.8, 4) is 6.07 Å². The first-order chi connectivity index (χ1) is 9.49. The van der Waals surface area contributed by atoms with Gasteiger partial charge in [0.1, 0.15) is 0 Å². The molecule has 0 aromatic heterocycles. The molecule has 0 heterocycles. The van der Waals surface area contributed by atoms with Gasteiger partial charge in [0.05, 0.1) is 16.6 Å². The smallest absolute Gasteiger partial charge is 0.258 e. The molecule has 20 heavy (non-hydrogen) atoms. The SMILES string of the molecule is N#[13C]c1ccc(Cc2cc(Cl)cc(Cl)c2)c([N+](=O)[O-])c1. The van der Waals surface area contributed by atoms with Gasteiger partial charge in [-0.05, 0) is 29.8 Å². The molecule has 0 saturated carbocycles. The number of nitriles is 1. The lowest BCUT2D eigenvalue weighted by molar-refractivity contribution is -0.385. The van der Waals surface area contributed by atoms with E-state index in [0.717, 1.165) is 5.56 Å². The topological polar surface area (TPSA) is 66.9 Å². The van der Waals surface area contributed by atoms with Gasteiger partial charge >= 0.3 is 0 Å². The van der Waals surface area contributed by atoms with Gasteiger partial charge in [-0.2, -0.15) is 5.26 Å². The van der Waals surface area contributed by atoms with Gasteiger partial charge in [-0.3, -0.25) is 10.1 Å². The maximum Gasteiger partial charge on any atom is 0.274 e. The Balaban J connectivity index is 2.43. The minimum Gasteiger partial charge on any atom is -0.258 e. The molecule has 0 atom stereocenters. The van der Waals surface area contributed by atoms with E-state index >= 15 is 0 Å². The van der Waals surface area contributed by atoms with Crippen LogP contribution in [0.15, 0.2) is 36.4 Å². The normalized spacial score (nSPS) is 10.1. The first-order valence-corrected chi connectivity index (χ1v) is 6.37. The standard InChI is InChI=1S/C14H8Cl2N2O2/c15-12-4-10(5-13(16)7-12)3-11-2-1-9(8-17)6-14(11)18(19)20/h1-2,4-7H,3H2/i8+1. The Kier molecular flexibility index (Phi) is 4.23. The van der Waals surface area contributed by atoms with Crippen LogP contribution in [0, 0.1) is 21.4 Å². The van der Waals surface area contributed by atoms with Gasteiger partial charge in [-0.1, -0.05) is 29.3 Å². The molecule has 4 nitrogen and oxygen atoms in total. The summed E-state index contributed by atoms with van der Waals surface area (Å²) in [4.78, 5) is 10.6. The van der Waals surface area contributed by atoms with E-state index in [4.69, 9.17) is 28.5 Å². The molecular weight excluding hydrogens is 300 g/mol. The molecule has 0 N–H and O–H groups in total. The Bertz CT molecular complexity index is 703. The van der Waals surface area contributed by atoms with E-state index < -0.39 is 4.92 Å². The summed E-state index contributed by atoms with van der Waals surface area (Å²) in [5, 5.41) is 20.8. The number of hydrogen-bond donors (Lipinski definition) is 0. The lowest BCUT2D eigenvalue weighted by Crippen LogP contribution is -1.97. The Morgan fingerprint density at radius 1 is 1.15 bits per heavy atom. The molecule has 0 aliphatic heterocycles. The van der Waals surface area contributed by atoms with E-state index in [1.54, 1.807) is 30.3 Å². The highest BCUT2D eigenvalue weighted by Gasteiger charge is 2.15. The van der Waals surface area contributed by atoms with Crippen LogP contribution < -0.4 is 0 Å². The summed E-state index contributed by atoms with van der Waals surface area (Å²) in [5.74, 6) is 0. The van der Waals surface area contributed by atoms with Gasteiger partial charge in [0.25, 0.3) is 5.69 Å². The van der Waals surface area contributed by atoms with E-state index in [0.29, 0.717) is 22.0 Å². The Morgan fingerprint density at radius 3 is 2.35 bits per heavy atom. The second-order valence-corrected chi connectivity index (χ2v) is 5.04. The van der Waals surface area contributed by atoms with Crippen LogP contribution in [-0.4, -0.2) is 4.92 Å². The quantitative estimate of drug-likeness (QED) is 0.480. The second-order valence-electron chi connectivity index (χ2n) is 4.17. The first-order valence-electron chi connectivity index (χ1n) is 5.62. The third-order valence-corrected chi connectivity index (χ3v) is 3.16. The van der Waals surface area contributed by atoms with Crippen LogP contribution in [0.3, 0.4) is 0 Å². The van der Waals surface area contributed by atoms with Crippen LogP contribution in [0.5, 0.6) is 0 Å². The molecule has 6 heteroatoms. The molecule has 0 fully saturated rings. The third kappa shape index (κ3) is 3.27. The maximum atomic E-state index is 11.1. The predicted octanol–water partition coefficient (Wildman–Crippen LogP) is 4.36. The Morgan fingerprint density at radius 2 is 1.80 bits per heavy atom. The number of benzene rings is 2. The molecule has 2 aromatic rings. The number of nitro groups is 1. The zero-order valence-electron chi connectivity index (χ0n) is 10.1. The van der Waals surface area contributed by atoms with E-state index in [-0.39, 0.29) is 11.3 Å². The average Bonchev–Trinajstić information content (AvgIpc) is 2.37. The van der Waals surface area contributed by atoms with Gasteiger partial charge in [-0.25, -0.2) is 0 Å². The van der Waals surface area contributed by atoms with Crippen LogP contribution in [0.1, 0.15) is 16.7 Å². The van der Waals surface area contributed by atoms with E-state index in [2.05, 4.69) is 0 Å². The highest BCUT2D eigenvalue weighted by Crippen LogP contribution is 2.26. The van der Waals surface area contributed by atoms with Crippen molar-refractivity contribution in [3.63, 3.8) is 0 Å². The maximum absolute atomic E-state index is 11.1. The van der Waals surface area contributed by atoms with Crippen molar-refractivity contribution in [2.45, 2.75) is 6.42 Å². The van der Waals surface area contributed by atoms with Crippen LogP contribution in [0.4, 0.5) is 5.69 Å². The summed E-state index contributed by atoms with van der Waals surface area (Å²) >= 11 is 11.8. The van der Waals surface area contributed by atoms with Gasteiger partial charge in [0.2, 0.25) is 0 Å². The summed E-state index contributed by atoms with van der Waals surface area (Å²) in [6.45, 7) is 0. The number of nitro benzene ring substituents is 1. The second kappa shape index (κ2) is 5.91. The fourth-order valence-corrected chi connectivity index (χ4v) is 2.46. The summed E-state index contributed by atoms with van der Waals surface area (Å²) in [7, 11) is 0. The molecule has 2 rings (SSSR count). The fourth-order valence-electron chi connectivity index (χ4n) is 1.89. The molecule has 0 amide bonds. The predicted molar refractivity (Wildman–Crippen MR) is 77.1 cm³/mol. The Hall–Kier alpha value is -2.09. The van der Waals surface area contributed by atoms with Crippen molar-refractivity contribution in [2.75, 3.05) is 0 Å². The number of halogens is 2. The van der Waals surface area contributed by atoms with E-state index in [1.165, 1.54) is 6.07 Å². The molecule has 0 radical (unpaired) electrons. The molecule has 100 valence electrons. The molecule has 0 unspecified atom stereocenters. The van der Waals surface area contributed by atoms with Crippen molar-refractivity contribution in [1.82, 2.24) is 0 Å². The first kappa shape index (κ1) is 14.3. The van der Waals surface area contributed by atoms with E-state index in [9.17, 15) is 10.1 Å². The van der Waals surface area contributed by atoms with Gasteiger partial charge in [0, 0.05) is 28.1 Å². The highest BCUT2D eigenvalue weighted by molar-refractivity contribution is 6.34. The molecule has 0 aliphatic rings. The molecule has 0 saturated heterocycles. The minimum atomic E-state index is -0.498. The largest absolute Gasteiger partial charge is 0.274 e. The molecule has 0 bridgehead atoms. The molecule has 0 spiro atoms. The zero-order chi connectivity index (χ0) is 14.7. The van der Waals surface area contributed by atoms with E-state index in [1.807, 2.05) is 6.07 Å². The Labute approximate surface area is 125 Å². The monoisotopic (exact) mass is 307 g/mol. The number of hydrogen-bond acceptors (Lipinski definition) is 3. The molecular formula is C14H8Cl2N2O2. The fraction of sp³-hybridized carbons (Fsp3) is 0.0714. The summed E-state index contributed by atoms with van der Waals surface area (Å²) in [6.07, 6.45) is 0.322. The van der Waals surface area contributed by atoms with Crippen molar-refractivity contribution >= 4 is 28.9 Å². The summed E-state index contributed by atoms with van der Waals surface area (Å²) in [6, 6.07) is 11.3. The molecule has 2 aromatic carbocycles. The average molecular weight is 308 g/mol. The van der Waals surface area contributed by atoms with Crippen LogP contribution >= 0.6 is 23.2 Å². The lowest BCUT2D eigenvalue weighted by Gasteiger charge is -2.05. The van der Waals surface area contributed by atoms with Gasteiger partial charge in [-0.15, -0.1) is 0 Å². The lowest BCUT2D eigenvalue weighted by atomic mass is 10.0. The minimum absolute atomic E-state index is 0.0832. The van der Waals surface area contributed by atoms with Gasteiger partial charge in [0.15, 0.2) is 0 Å². The summed E-state index contributed by atoms with van der Waals surface area (Å²) in [5.41, 5.74) is 1.45. The highest BCUT2D eigenvalue weighted by atomic mass is 35.5. The van der Waals surface area contributed by atoms with Crippen LogP contribution in [0.2, 0.25) is 10.0 Å². The van der Waals surface area contributed by atoms with Crippen molar-refractivity contribution in [3.05, 3.63) is 73.2 Å².